The van der Waals surface area contributed by atoms with Gasteiger partial charge in [-0.2, -0.15) is 0 Å². The SMILES string of the molecule is CC1OCCC1N(C)CCC1CNCCO1. The zero-order valence-electron chi connectivity index (χ0n) is 10.4. The second-order valence-electron chi connectivity index (χ2n) is 4.90. The monoisotopic (exact) mass is 228 g/mol. The maximum absolute atomic E-state index is 5.70. The number of hydrogen-bond donors (Lipinski definition) is 1. The van der Waals surface area contributed by atoms with Crippen molar-refractivity contribution in [2.75, 3.05) is 39.9 Å². The van der Waals surface area contributed by atoms with Crippen molar-refractivity contribution < 1.29 is 9.47 Å². The fourth-order valence-corrected chi connectivity index (χ4v) is 2.62. The van der Waals surface area contributed by atoms with Gasteiger partial charge in [0.2, 0.25) is 0 Å². The van der Waals surface area contributed by atoms with Crippen LogP contribution in [0.4, 0.5) is 0 Å². The van der Waals surface area contributed by atoms with Crippen LogP contribution >= 0.6 is 0 Å². The summed E-state index contributed by atoms with van der Waals surface area (Å²) in [6, 6.07) is 0.594. The van der Waals surface area contributed by atoms with E-state index in [-0.39, 0.29) is 0 Å². The number of ether oxygens (including phenoxy) is 2. The van der Waals surface area contributed by atoms with Crippen molar-refractivity contribution in [1.29, 1.82) is 0 Å². The topological polar surface area (TPSA) is 33.7 Å². The molecule has 2 heterocycles. The highest BCUT2D eigenvalue weighted by Gasteiger charge is 2.28. The molecule has 4 nitrogen and oxygen atoms in total. The summed E-state index contributed by atoms with van der Waals surface area (Å²) in [7, 11) is 2.20. The van der Waals surface area contributed by atoms with Gasteiger partial charge < -0.3 is 19.7 Å². The van der Waals surface area contributed by atoms with Crippen molar-refractivity contribution in [3.05, 3.63) is 0 Å². The van der Waals surface area contributed by atoms with Gasteiger partial charge in [-0.1, -0.05) is 0 Å². The van der Waals surface area contributed by atoms with Gasteiger partial charge in [-0.05, 0) is 26.8 Å². The molecule has 0 spiro atoms. The van der Waals surface area contributed by atoms with Gasteiger partial charge in [0.05, 0.1) is 18.8 Å². The lowest BCUT2D eigenvalue weighted by molar-refractivity contribution is 0.0132. The molecule has 2 aliphatic rings. The summed E-state index contributed by atoms with van der Waals surface area (Å²) in [5.74, 6) is 0. The van der Waals surface area contributed by atoms with E-state index in [9.17, 15) is 0 Å². The van der Waals surface area contributed by atoms with Crippen molar-refractivity contribution in [3.8, 4) is 0 Å². The number of rotatable bonds is 4. The molecule has 0 aliphatic carbocycles. The molecule has 1 N–H and O–H groups in total. The van der Waals surface area contributed by atoms with Crippen LogP contribution in [-0.2, 0) is 9.47 Å². The van der Waals surface area contributed by atoms with Gasteiger partial charge in [-0.15, -0.1) is 0 Å². The van der Waals surface area contributed by atoms with Crippen LogP contribution in [0.15, 0.2) is 0 Å². The molecule has 0 aromatic rings. The third-order valence-electron chi connectivity index (χ3n) is 3.71. The van der Waals surface area contributed by atoms with Crippen LogP contribution < -0.4 is 5.32 Å². The van der Waals surface area contributed by atoms with Crippen LogP contribution in [0.2, 0.25) is 0 Å². The molecule has 3 atom stereocenters. The smallest absolute Gasteiger partial charge is 0.0712 e. The minimum Gasteiger partial charge on any atom is -0.377 e. The average Bonchev–Trinajstić information content (AvgIpc) is 2.74. The van der Waals surface area contributed by atoms with E-state index in [0.29, 0.717) is 18.2 Å². The molecular formula is C12H24N2O2. The highest BCUT2D eigenvalue weighted by molar-refractivity contribution is 4.81. The normalized spacial score (nSPS) is 35.8. The number of likely N-dealkylation sites (N-methyl/N-ethyl adjacent to an activating group) is 1. The van der Waals surface area contributed by atoms with Gasteiger partial charge in [0.15, 0.2) is 0 Å². The zero-order valence-corrected chi connectivity index (χ0v) is 10.4. The Morgan fingerprint density at radius 3 is 2.81 bits per heavy atom. The quantitative estimate of drug-likeness (QED) is 0.758. The van der Waals surface area contributed by atoms with Gasteiger partial charge in [0.25, 0.3) is 0 Å². The van der Waals surface area contributed by atoms with E-state index >= 15 is 0 Å². The first-order valence-corrected chi connectivity index (χ1v) is 6.41. The van der Waals surface area contributed by atoms with E-state index in [0.717, 1.165) is 39.3 Å². The summed E-state index contributed by atoms with van der Waals surface area (Å²) < 4.78 is 11.3. The predicted molar refractivity (Wildman–Crippen MR) is 63.7 cm³/mol. The Hall–Kier alpha value is -0.160. The van der Waals surface area contributed by atoms with Gasteiger partial charge in [0.1, 0.15) is 0 Å². The largest absolute Gasteiger partial charge is 0.377 e. The molecule has 3 unspecified atom stereocenters. The Bertz CT molecular complexity index is 207. The minimum absolute atomic E-state index is 0.385. The van der Waals surface area contributed by atoms with Crippen LogP contribution in [0.3, 0.4) is 0 Å². The van der Waals surface area contributed by atoms with Crippen LogP contribution in [0, 0.1) is 0 Å². The first-order valence-electron chi connectivity index (χ1n) is 6.41. The first kappa shape index (κ1) is 12.3. The predicted octanol–water partition coefficient (Wildman–Crippen LogP) is 0.474. The maximum Gasteiger partial charge on any atom is 0.0712 e. The molecule has 2 rings (SSSR count). The third kappa shape index (κ3) is 3.17. The molecule has 0 saturated carbocycles. The Morgan fingerprint density at radius 2 is 2.19 bits per heavy atom. The van der Waals surface area contributed by atoms with Crippen molar-refractivity contribution >= 4 is 0 Å². The van der Waals surface area contributed by atoms with Crippen molar-refractivity contribution in [2.24, 2.45) is 0 Å². The zero-order chi connectivity index (χ0) is 11.4. The highest BCUT2D eigenvalue weighted by atomic mass is 16.5. The summed E-state index contributed by atoms with van der Waals surface area (Å²) in [5.41, 5.74) is 0. The lowest BCUT2D eigenvalue weighted by atomic mass is 10.1. The van der Waals surface area contributed by atoms with Crippen LogP contribution in [-0.4, -0.2) is 63.0 Å². The summed E-state index contributed by atoms with van der Waals surface area (Å²) >= 11 is 0. The highest BCUT2D eigenvalue weighted by Crippen LogP contribution is 2.18. The number of nitrogens with one attached hydrogen (secondary N) is 1. The van der Waals surface area contributed by atoms with E-state index in [1.54, 1.807) is 0 Å². The standard InChI is InChI=1S/C12H24N2O2/c1-10-12(4-7-15-10)14(2)6-3-11-9-13-5-8-16-11/h10-13H,3-9H2,1-2H3. The molecule has 4 heteroatoms. The molecule has 0 amide bonds. The minimum atomic E-state index is 0.385. The van der Waals surface area contributed by atoms with Crippen LogP contribution in [0.1, 0.15) is 19.8 Å². The summed E-state index contributed by atoms with van der Waals surface area (Å²) in [5, 5.41) is 3.37. The van der Waals surface area contributed by atoms with E-state index in [1.807, 2.05) is 0 Å². The van der Waals surface area contributed by atoms with Crippen molar-refractivity contribution in [3.63, 3.8) is 0 Å². The second-order valence-corrected chi connectivity index (χ2v) is 4.90. The van der Waals surface area contributed by atoms with Gasteiger partial charge in [-0.3, -0.25) is 0 Å². The molecular weight excluding hydrogens is 204 g/mol. The second kappa shape index (κ2) is 5.96. The lowest BCUT2D eigenvalue weighted by Crippen LogP contribution is -2.42. The number of nitrogens with zero attached hydrogens (tertiary/aromatic N) is 1. The molecule has 2 aliphatic heterocycles. The summed E-state index contributed by atoms with van der Waals surface area (Å²) in [4.78, 5) is 2.43. The van der Waals surface area contributed by atoms with Crippen LogP contribution in [0.5, 0.6) is 0 Å². The molecule has 0 aromatic carbocycles. The molecule has 16 heavy (non-hydrogen) atoms. The maximum atomic E-state index is 5.70. The molecule has 0 radical (unpaired) electrons. The van der Waals surface area contributed by atoms with Crippen molar-refractivity contribution in [2.45, 2.75) is 38.0 Å². The lowest BCUT2D eigenvalue weighted by Gasteiger charge is -2.29. The van der Waals surface area contributed by atoms with Gasteiger partial charge in [-0.25, -0.2) is 0 Å². The van der Waals surface area contributed by atoms with E-state index in [2.05, 4.69) is 24.2 Å². The molecule has 0 bridgehead atoms. The molecule has 94 valence electrons. The Kier molecular flexibility index (Phi) is 4.58. The molecule has 2 saturated heterocycles. The first-order chi connectivity index (χ1) is 7.77. The fraction of sp³-hybridized carbons (Fsp3) is 1.00. The van der Waals surface area contributed by atoms with E-state index in [4.69, 9.17) is 9.47 Å². The van der Waals surface area contributed by atoms with E-state index < -0.39 is 0 Å². The summed E-state index contributed by atoms with van der Waals surface area (Å²) in [6.45, 7) is 7.05. The Labute approximate surface area is 98.3 Å². The average molecular weight is 228 g/mol. The van der Waals surface area contributed by atoms with Crippen LogP contribution in [0.25, 0.3) is 0 Å². The van der Waals surface area contributed by atoms with Gasteiger partial charge in [0, 0.05) is 32.3 Å². The third-order valence-corrected chi connectivity index (χ3v) is 3.71. The fourth-order valence-electron chi connectivity index (χ4n) is 2.62. The number of hydrogen-bond acceptors (Lipinski definition) is 4. The number of morpholine rings is 1. The molecule has 2 fully saturated rings. The summed E-state index contributed by atoms with van der Waals surface area (Å²) in [6.07, 6.45) is 3.07. The van der Waals surface area contributed by atoms with Crippen molar-refractivity contribution in [1.82, 2.24) is 10.2 Å². The Balaban J connectivity index is 1.68. The molecule has 0 aromatic heterocycles. The Morgan fingerprint density at radius 1 is 1.31 bits per heavy atom. The van der Waals surface area contributed by atoms with E-state index in [1.165, 1.54) is 6.42 Å². The van der Waals surface area contributed by atoms with Gasteiger partial charge >= 0.3 is 0 Å².